The minimum atomic E-state index is -0.00970. The van der Waals surface area contributed by atoms with Crippen LogP contribution in [0.3, 0.4) is 0 Å². The Morgan fingerprint density at radius 1 is 1.23 bits per heavy atom. The van der Waals surface area contributed by atoms with E-state index < -0.39 is 0 Å². The molecule has 3 nitrogen and oxygen atoms in total. The summed E-state index contributed by atoms with van der Waals surface area (Å²) in [6, 6.07) is 7.34. The third-order valence-corrected chi connectivity index (χ3v) is 5.48. The van der Waals surface area contributed by atoms with E-state index in [0.717, 1.165) is 16.8 Å². The van der Waals surface area contributed by atoms with Crippen molar-refractivity contribution in [1.29, 1.82) is 0 Å². The maximum absolute atomic E-state index is 12.7. The molecular formula is C16H14Cl2N2OS. The van der Waals surface area contributed by atoms with Gasteiger partial charge >= 0.3 is 0 Å². The smallest absolute Gasteiger partial charge is 0.262 e. The summed E-state index contributed by atoms with van der Waals surface area (Å²) in [6.07, 6.45) is 0.909. The summed E-state index contributed by atoms with van der Waals surface area (Å²) in [5.74, 6) is 0.702. The van der Waals surface area contributed by atoms with Crippen molar-refractivity contribution in [3.63, 3.8) is 0 Å². The Bertz CT molecular complexity index is 914. The number of nitrogens with zero attached hydrogens (tertiary/aromatic N) is 2. The van der Waals surface area contributed by atoms with Gasteiger partial charge in [0.25, 0.3) is 5.56 Å². The quantitative estimate of drug-likeness (QED) is 0.685. The molecule has 0 radical (unpaired) electrons. The highest BCUT2D eigenvalue weighted by Crippen LogP contribution is 2.24. The first-order valence-corrected chi connectivity index (χ1v) is 8.50. The zero-order valence-electron chi connectivity index (χ0n) is 12.2. The van der Waals surface area contributed by atoms with E-state index in [9.17, 15) is 4.79 Å². The van der Waals surface area contributed by atoms with Crippen LogP contribution in [-0.2, 0) is 13.0 Å². The Morgan fingerprint density at radius 2 is 2.00 bits per heavy atom. The Kier molecular flexibility index (Phi) is 4.26. The van der Waals surface area contributed by atoms with Crippen molar-refractivity contribution in [3.05, 3.63) is 60.9 Å². The van der Waals surface area contributed by atoms with Crippen molar-refractivity contribution in [2.24, 2.45) is 0 Å². The normalized spacial score (nSPS) is 11.3. The van der Waals surface area contributed by atoms with Gasteiger partial charge in [0.05, 0.1) is 22.0 Å². The molecule has 2 aromatic heterocycles. The molecule has 0 unspecified atom stereocenters. The lowest BCUT2D eigenvalue weighted by Gasteiger charge is -2.10. The van der Waals surface area contributed by atoms with Gasteiger partial charge in [-0.1, -0.05) is 36.2 Å². The van der Waals surface area contributed by atoms with Gasteiger partial charge in [0.15, 0.2) is 0 Å². The number of hydrogen-bond donors (Lipinski definition) is 0. The molecule has 0 amide bonds. The van der Waals surface area contributed by atoms with Crippen molar-refractivity contribution >= 4 is 44.8 Å². The van der Waals surface area contributed by atoms with Gasteiger partial charge in [-0.3, -0.25) is 9.36 Å². The lowest BCUT2D eigenvalue weighted by molar-refractivity contribution is 0.714. The number of aryl methyl sites for hydroxylation is 2. The zero-order valence-corrected chi connectivity index (χ0v) is 14.5. The summed E-state index contributed by atoms with van der Waals surface area (Å²) in [5, 5.41) is 1.68. The third-order valence-electron chi connectivity index (χ3n) is 3.57. The van der Waals surface area contributed by atoms with Crippen LogP contribution in [0.25, 0.3) is 10.2 Å². The van der Waals surface area contributed by atoms with Crippen LogP contribution in [0.4, 0.5) is 0 Å². The molecule has 2 heterocycles. The lowest BCUT2D eigenvalue weighted by Crippen LogP contribution is -2.23. The minimum absolute atomic E-state index is 0.00970. The Hall–Kier alpha value is -1.36. The summed E-state index contributed by atoms with van der Waals surface area (Å²) >= 11 is 13.6. The Labute approximate surface area is 142 Å². The largest absolute Gasteiger partial charge is 0.292 e. The van der Waals surface area contributed by atoms with Crippen molar-refractivity contribution in [2.45, 2.75) is 26.8 Å². The first kappa shape index (κ1) is 15.5. The second-order valence-electron chi connectivity index (χ2n) is 5.08. The maximum atomic E-state index is 12.7. The molecule has 0 aliphatic rings. The molecule has 0 spiro atoms. The van der Waals surface area contributed by atoms with Crippen LogP contribution in [0.2, 0.25) is 10.0 Å². The molecular weight excluding hydrogens is 339 g/mol. The topological polar surface area (TPSA) is 34.9 Å². The second kappa shape index (κ2) is 6.03. The molecule has 3 rings (SSSR count). The van der Waals surface area contributed by atoms with E-state index in [-0.39, 0.29) is 5.56 Å². The number of fused-ring (bicyclic) bond motifs is 1. The van der Waals surface area contributed by atoms with E-state index in [0.29, 0.717) is 27.8 Å². The van der Waals surface area contributed by atoms with Crippen molar-refractivity contribution in [1.82, 2.24) is 9.55 Å². The van der Waals surface area contributed by atoms with Crippen LogP contribution in [-0.4, -0.2) is 9.55 Å². The van der Waals surface area contributed by atoms with Crippen LogP contribution < -0.4 is 5.56 Å². The monoisotopic (exact) mass is 352 g/mol. The Balaban J connectivity index is 2.10. The van der Waals surface area contributed by atoms with Crippen LogP contribution in [0.15, 0.2) is 29.1 Å². The van der Waals surface area contributed by atoms with E-state index in [2.05, 4.69) is 11.9 Å². The fourth-order valence-electron chi connectivity index (χ4n) is 2.35. The van der Waals surface area contributed by atoms with E-state index in [1.807, 2.05) is 19.1 Å². The van der Waals surface area contributed by atoms with Gasteiger partial charge in [-0.2, -0.15) is 0 Å². The number of benzene rings is 1. The Morgan fingerprint density at radius 3 is 2.68 bits per heavy atom. The van der Waals surface area contributed by atoms with Crippen LogP contribution >= 0.6 is 34.5 Å². The molecule has 0 N–H and O–H groups in total. The average molecular weight is 353 g/mol. The second-order valence-corrected chi connectivity index (χ2v) is 7.01. The van der Waals surface area contributed by atoms with Crippen LogP contribution in [0.1, 0.15) is 23.2 Å². The van der Waals surface area contributed by atoms with Gasteiger partial charge in [0.1, 0.15) is 10.7 Å². The fourth-order valence-corrected chi connectivity index (χ4v) is 3.67. The summed E-state index contributed by atoms with van der Waals surface area (Å²) < 4.78 is 1.67. The molecule has 0 aliphatic carbocycles. The maximum Gasteiger partial charge on any atom is 0.262 e. The van der Waals surface area contributed by atoms with Crippen molar-refractivity contribution in [3.8, 4) is 0 Å². The molecule has 114 valence electrons. The van der Waals surface area contributed by atoms with Gasteiger partial charge < -0.3 is 0 Å². The SMILES string of the molecule is CCc1cc2c(=O)n(Cc3ccc(Cl)c(Cl)c3)c(C)nc2s1. The molecule has 0 saturated carbocycles. The third kappa shape index (κ3) is 2.78. The van der Waals surface area contributed by atoms with Gasteiger partial charge in [0, 0.05) is 4.88 Å². The number of halogens is 2. The van der Waals surface area contributed by atoms with E-state index in [1.165, 1.54) is 4.88 Å². The molecule has 1 aromatic carbocycles. The van der Waals surface area contributed by atoms with Crippen molar-refractivity contribution < 1.29 is 0 Å². The van der Waals surface area contributed by atoms with Gasteiger partial charge in [0.2, 0.25) is 0 Å². The first-order chi connectivity index (χ1) is 10.5. The number of thiophene rings is 1. The predicted octanol–water partition coefficient (Wildman–Crippen LogP) is 4.68. The summed E-state index contributed by atoms with van der Waals surface area (Å²) in [7, 11) is 0. The highest BCUT2D eigenvalue weighted by Gasteiger charge is 2.12. The molecule has 0 bridgehead atoms. The highest BCUT2D eigenvalue weighted by molar-refractivity contribution is 7.18. The van der Waals surface area contributed by atoms with Crippen LogP contribution in [0, 0.1) is 6.92 Å². The number of rotatable bonds is 3. The van der Waals surface area contributed by atoms with Gasteiger partial charge in [-0.25, -0.2) is 4.98 Å². The highest BCUT2D eigenvalue weighted by atomic mass is 35.5. The summed E-state index contributed by atoms with van der Waals surface area (Å²) in [5.41, 5.74) is 0.913. The van der Waals surface area contributed by atoms with E-state index in [4.69, 9.17) is 23.2 Å². The summed E-state index contributed by atoms with van der Waals surface area (Å²) in [4.78, 5) is 19.3. The van der Waals surface area contributed by atoms with Gasteiger partial charge in [-0.05, 0) is 37.1 Å². The molecule has 6 heteroatoms. The zero-order chi connectivity index (χ0) is 15.9. The standard InChI is InChI=1S/C16H14Cl2N2OS/c1-3-11-7-12-15(22-11)19-9(2)20(16(12)21)8-10-4-5-13(17)14(18)6-10/h4-7H,3,8H2,1-2H3. The number of aromatic nitrogens is 2. The first-order valence-electron chi connectivity index (χ1n) is 6.93. The van der Waals surface area contributed by atoms with E-state index in [1.54, 1.807) is 28.0 Å². The van der Waals surface area contributed by atoms with Crippen molar-refractivity contribution in [2.75, 3.05) is 0 Å². The predicted molar refractivity (Wildman–Crippen MR) is 93.6 cm³/mol. The lowest BCUT2D eigenvalue weighted by atomic mass is 10.2. The molecule has 3 aromatic rings. The van der Waals surface area contributed by atoms with Gasteiger partial charge in [-0.15, -0.1) is 11.3 Å². The molecule has 22 heavy (non-hydrogen) atoms. The summed E-state index contributed by atoms with van der Waals surface area (Å²) in [6.45, 7) is 4.36. The van der Waals surface area contributed by atoms with Crippen LogP contribution in [0.5, 0.6) is 0 Å². The molecule has 0 fully saturated rings. The fraction of sp³-hybridized carbons (Fsp3) is 0.250. The number of hydrogen-bond acceptors (Lipinski definition) is 3. The molecule has 0 saturated heterocycles. The molecule has 0 atom stereocenters. The molecule has 0 aliphatic heterocycles. The average Bonchev–Trinajstić information content (AvgIpc) is 2.90. The minimum Gasteiger partial charge on any atom is -0.292 e. The van der Waals surface area contributed by atoms with E-state index >= 15 is 0 Å².